The molecule has 0 fully saturated rings. The van der Waals surface area contributed by atoms with Crippen LogP contribution >= 0.6 is 0 Å². The van der Waals surface area contributed by atoms with E-state index in [0.29, 0.717) is 0 Å². The first-order chi connectivity index (χ1) is 10.3. The Labute approximate surface area is 127 Å². The van der Waals surface area contributed by atoms with Crippen LogP contribution in [-0.4, -0.2) is 29.6 Å². The highest BCUT2D eigenvalue weighted by Gasteiger charge is 2.30. The van der Waals surface area contributed by atoms with Gasteiger partial charge in [0.1, 0.15) is 0 Å². The van der Waals surface area contributed by atoms with Crippen molar-refractivity contribution in [2.24, 2.45) is 0 Å². The smallest absolute Gasteiger partial charge is 0.0947 e. The van der Waals surface area contributed by atoms with Crippen LogP contribution in [0.25, 0.3) is 0 Å². The van der Waals surface area contributed by atoms with Crippen molar-refractivity contribution < 1.29 is 5.11 Å². The minimum atomic E-state index is -0.365. The molecule has 0 radical (unpaired) electrons. The van der Waals surface area contributed by atoms with Gasteiger partial charge in [-0.2, -0.15) is 0 Å². The second-order valence-electron chi connectivity index (χ2n) is 5.97. The highest BCUT2D eigenvalue weighted by molar-refractivity contribution is 5.32. The summed E-state index contributed by atoms with van der Waals surface area (Å²) in [6.07, 6.45) is 2.76. The molecule has 1 N–H and O–H groups in total. The lowest BCUT2D eigenvalue weighted by Gasteiger charge is -2.36. The SMILES string of the molecule is CN(CCc1ccccc1)C1CCc2ccccc2C1O. The highest BCUT2D eigenvalue weighted by atomic mass is 16.3. The molecule has 1 aliphatic rings. The Morgan fingerprint density at radius 2 is 1.76 bits per heavy atom. The number of likely N-dealkylation sites (N-methyl/N-ethyl adjacent to an activating group) is 1. The largest absolute Gasteiger partial charge is 0.387 e. The summed E-state index contributed by atoms with van der Waals surface area (Å²) in [7, 11) is 2.13. The zero-order chi connectivity index (χ0) is 14.7. The number of fused-ring (bicyclic) bond motifs is 1. The van der Waals surface area contributed by atoms with Crippen molar-refractivity contribution in [1.82, 2.24) is 4.90 Å². The van der Waals surface area contributed by atoms with Gasteiger partial charge in [0.2, 0.25) is 0 Å². The number of benzene rings is 2. The van der Waals surface area contributed by atoms with E-state index in [9.17, 15) is 5.11 Å². The van der Waals surface area contributed by atoms with Crippen LogP contribution in [0.1, 0.15) is 29.2 Å². The van der Waals surface area contributed by atoms with Crippen molar-refractivity contribution in [3.63, 3.8) is 0 Å². The molecule has 1 aliphatic carbocycles. The third-order valence-electron chi connectivity index (χ3n) is 4.61. The first kappa shape index (κ1) is 14.3. The summed E-state index contributed by atoms with van der Waals surface area (Å²) in [6, 6.07) is 19.1. The maximum atomic E-state index is 10.6. The molecule has 21 heavy (non-hydrogen) atoms. The van der Waals surface area contributed by atoms with Gasteiger partial charge in [-0.1, -0.05) is 54.6 Å². The van der Waals surface area contributed by atoms with E-state index in [-0.39, 0.29) is 12.1 Å². The lowest BCUT2D eigenvalue weighted by molar-refractivity contribution is 0.0505. The first-order valence-electron chi connectivity index (χ1n) is 7.76. The third kappa shape index (κ3) is 3.17. The molecular weight excluding hydrogens is 258 g/mol. The van der Waals surface area contributed by atoms with Gasteiger partial charge in [0.25, 0.3) is 0 Å². The van der Waals surface area contributed by atoms with E-state index >= 15 is 0 Å². The molecule has 2 aromatic rings. The van der Waals surface area contributed by atoms with Crippen LogP contribution in [0.4, 0.5) is 0 Å². The van der Waals surface area contributed by atoms with Gasteiger partial charge < -0.3 is 10.0 Å². The molecule has 0 aliphatic heterocycles. The second kappa shape index (κ2) is 6.42. The molecular formula is C19H23NO. The average Bonchev–Trinajstić information content (AvgIpc) is 2.54. The second-order valence-corrected chi connectivity index (χ2v) is 5.97. The van der Waals surface area contributed by atoms with Gasteiger partial charge in [0.05, 0.1) is 6.10 Å². The van der Waals surface area contributed by atoms with Crippen LogP contribution in [-0.2, 0) is 12.8 Å². The van der Waals surface area contributed by atoms with Crippen LogP contribution in [0.5, 0.6) is 0 Å². The Kier molecular flexibility index (Phi) is 4.37. The Morgan fingerprint density at radius 1 is 1.05 bits per heavy atom. The van der Waals surface area contributed by atoms with Crippen LogP contribution < -0.4 is 0 Å². The van der Waals surface area contributed by atoms with Gasteiger partial charge in [-0.25, -0.2) is 0 Å². The zero-order valence-corrected chi connectivity index (χ0v) is 12.6. The van der Waals surface area contributed by atoms with E-state index < -0.39 is 0 Å². The van der Waals surface area contributed by atoms with Crippen molar-refractivity contribution >= 4 is 0 Å². The molecule has 2 unspecified atom stereocenters. The summed E-state index contributed by atoms with van der Waals surface area (Å²) in [5.74, 6) is 0. The number of aliphatic hydroxyl groups is 1. The van der Waals surface area contributed by atoms with Crippen molar-refractivity contribution in [3.8, 4) is 0 Å². The van der Waals surface area contributed by atoms with E-state index in [0.717, 1.165) is 31.4 Å². The summed E-state index contributed by atoms with van der Waals surface area (Å²) in [5.41, 5.74) is 3.77. The van der Waals surface area contributed by atoms with Gasteiger partial charge >= 0.3 is 0 Å². The van der Waals surface area contributed by atoms with Gasteiger partial charge in [-0.3, -0.25) is 0 Å². The van der Waals surface area contributed by atoms with Gasteiger partial charge in [-0.05, 0) is 43.0 Å². The molecule has 0 aromatic heterocycles. The van der Waals surface area contributed by atoms with Gasteiger partial charge in [-0.15, -0.1) is 0 Å². The fourth-order valence-corrected chi connectivity index (χ4v) is 3.30. The minimum Gasteiger partial charge on any atom is -0.387 e. The summed E-state index contributed by atoms with van der Waals surface area (Å²) < 4.78 is 0. The topological polar surface area (TPSA) is 23.5 Å². The van der Waals surface area contributed by atoms with E-state index in [1.807, 2.05) is 6.07 Å². The summed E-state index contributed by atoms with van der Waals surface area (Å²) in [4.78, 5) is 2.31. The molecule has 0 amide bonds. The van der Waals surface area contributed by atoms with Crippen molar-refractivity contribution in [1.29, 1.82) is 0 Å². The molecule has 2 aromatic carbocycles. The Bertz CT molecular complexity index is 581. The van der Waals surface area contributed by atoms with E-state index in [2.05, 4.69) is 60.5 Å². The van der Waals surface area contributed by atoms with Gasteiger partial charge in [0, 0.05) is 12.6 Å². The molecule has 0 saturated carbocycles. The van der Waals surface area contributed by atoms with Crippen molar-refractivity contribution in [2.45, 2.75) is 31.4 Å². The van der Waals surface area contributed by atoms with E-state index in [4.69, 9.17) is 0 Å². The number of aryl methyl sites for hydroxylation is 1. The lowest BCUT2D eigenvalue weighted by atomic mass is 9.85. The van der Waals surface area contributed by atoms with Crippen LogP contribution in [0.2, 0.25) is 0 Å². The molecule has 0 saturated heterocycles. The first-order valence-corrected chi connectivity index (χ1v) is 7.76. The number of nitrogens with zero attached hydrogens (tertiary/aromatic N) is 1. The highest BCUT2D eigenvalue weighted by Crippen LogP contribution is 2.32. The lowest BCUT2D eigenvalue weighted by Crippen LogP contribution is -2.40. The Morgan fingerprint density at radius 3 is 2.57 bits per heavy atom. The molecule has 0 heterocycles. The van der Waals surface area contributed by atoms with Gasteiger partial charge in [0.15, 0.2) is 0 Å². The van der Waals surface area contributed by atoms with Crippen molar-refractivity contribution in [2.75, 3.05) is 13.6 Å². The van der Waals surface area contributed by atoms with Crippen LogP contribution in [0.15, 0.2) is 54.6 Å². The quantitative estimate of drug-likeness (QED) is 0.930. The maximum Gasteiger partial charge on any atom is 0.0947 e. The number of rotatable bonds is 4. The summed E-state index contributed by atoms with van der Waals surface area (Å²) in [5, 5.41) is 10.6. The van der Waals surface area contributed by atoms with Crippen LogP contribution in [0.3, 0.4) is 0 Å². The molecule has 3 rings (SSSR count). The Hall–Kier alpha value is -1.64. The van der Waals surface area contributed by atoms with Crippen LogP contribution in [0, 0.1) is 0 Å². The number of aliphatic hydroxyl groups excluding tert-OH is 1. The Balaban J connectivity index is 1.65. The standard InChI is InChI=1S/C19H23NO/c1-20(14-13-15-7-3-2-4-8-15)18-12-11-16-9-5-6-10-17(16)19(18)21/h2-10,18-19,21H,11-14H2,1H3. The molecule has 2 nitrogen and oxygen atoms in total. The fraction of sp³-hybridized carbons (Fsp3) is 0.368. The predicted octanol–water partition coefficient (Wildman–Crippen LogP) is 3.21. The average molecular weight is 281 g/mol. The monoisotopic (exact) mass is 281 g/mol. The predicted molar refractivity (Wildman–Crippen MR) is 86.3 cm³/mol. The normalized spacial score (nSPS) is 21.3. The zero-order valence-electron chi connectivity index (χ0n) is 12.6. The summed E-state index contributed by atoms with van der Waals surface area (Å²) >= 11 is 0. The fourth-order valence-electron chi connectivity index (χ4n) is 3.30. The number of hydrogen-bond donors (Lipinski definition) is 1. The molecule has 2 atom stereocenters. The van der Waals surface area contributed by atoms with Crippen molar-refractivity contribution in [3.05, 3.63) is 71.3 Å². The maximum absolute atomic E-state index is 10.6. The summed E-state index contributed by atoms with van der Waals surface area (Å²) in [6.45, 7) is 0.980. The molecule has 2 heteroatoms. The molecule has 0 bridgehead atoms. The number of hydrogen-bond acceptors (Lipinski definition) is 2. The minimum absolute atomic E-state index is 0.226. The molecule has 110 valence electrons. The molecule has 0 spiro atoms. The van der Waals surface area contributed by atoms with E-state index in [1.54, 1.807) is 0 Å². The third-order valence-corrected chi connectivity index (χ3v) is 4.61. The van der Waals surface area contributed by atoms with E-state index in [1.165, 1.54) is 11.1 Å².